The Hall–Kier alpha value is -4.96. The molecule has 0 unspecified atom stereocenters. The number of carbonyl (C=O) groups is 2. The van der Waals surface area contributed by atoms with Gasteiger partial charge in [0, 0.05) is 49.8 Å². The third-order valence-electron chi connectivity index (χ3n) is 8.87. The molecule has 0 atom stereocenters. The van der Waals surface area contributed by atoms with Crippen LogP contribution in [0.3, 0.4) is 0 Å². The lowest BCUT2D eigenvalue weighted by atomic mass is 9.73. The summed E-state index contributed by atoms with van der Waals surface area (Å²) in [5, 5.41) is 6.27. The maximum absolute atomic E-state index is 15.4. The predicted octanol–water partition coefficient (Wildman–Crippen LogP) is 7.75. The van der Waals surface area contributed by atoms with Gasteiger partial charge in [-0.1, -0.05) is 32.8 Å². The van der Waals surface area contributed by atoms with E-state index in [1.165, 1.54) is 25.2 Å². The highest BCUT2D eigenvalue weighted by atomic mass is 19.1. The van der Waals surface area contributed by atoms with Crippen molar-refractivity contribution in [2.24, 2.45) is 0 Å². The van der Waals surface area contributed by atoms with Gasteiger partial charge in [-0.2, -0.15) is 0 Å². The number of aryl methyl sites for hydroxylation is 1. The van der Waals surface area contributed by atoms with Gasteiger partial charge in [0.25, 0.3) is 11.8 Å². The van der Waals surface area contributed by atoms with Crippen LogP contribution in [0.1, 0.15) is 78.1 Å². The lowest BCUT2D eigenvalue weighted by molar-refractivity contribution is -0.0589. The van der Waals surface area contributed by atoms with Crippen molar-refractivity contribution in [3.05, 3.63) is 107 Å². The summed E-state index contributed by atoms with van der Waals surface area (Å²) < 4.78 is 41.4. The fraction of sp³-hybridized carbons (Fsp3) is 0.316. The number of halogens is 2. The zero-order chi connectivity index (χ0) is 33.8. The van der Waals surface area contributed by atoms with Gasteiger partial charge < -0.3 is 19.8 Å². The summed E-state index contributed by atoms with van der Waals surface area (Å²) in [6, 6.07) is 15.6. The summed E-state index contributed by atoms with van der Waals surface area (Å²) in [6.45, 7) is 4.77. The second-order valence-electron chi connectivity index (χ2n) is 12.2. The van der Waals surface area contributed by atoms with Crippen LogP contribution in [-0.4, -0.2) is 41.5 Å². The zero-order valence-electron chi connectivity index (χ0n) is 27.2. The van der Waals surface area contributed by atoms with E-state index in [0.29, 0.717) is 65.1 Å². The number of nitrogens with one attached hydrogen (secondary N) is 2. The van der Waals surface area contributed by atoms with E-state index in [1.807, 2.05) is 19.1 Å². The van der Waals surface area contributed by atoms with Crippen LogP contribution in [0.25, 0.3) is 33.4 Å². The molecule has 1 saturated carbocycles. The van der Waals surface area contributed by atoms with Crippen LogP contribution in [0.4, 0.5) is 8.78 Å². The van der Waals surface area contributed by atoms with Gasteiger partial charge in [0.15, 0.2) is 5.82 Å². The van der Waals surface area contributed by atoms with Crippen LogP contribution in [0.2, 0.25) is 0 Å². The molecule has 1 fully saturated rings. The number of nitrogens with zero attached hydrogens (tertiary/aromatic N) is 2. The molecule has 5 aromatic rings. The number of benzene rings is 3. The molecule has 1 aliphatic rings. The van der Waals surface area contributed by atoms with Gasteiger partial charge in [-0.25, -0.2) is 18.7 Å². The Labute approximate surface area is 277 Å². The maximum atomic E-state index is 15.4. The molecule has 0 aliphatic heterocycles. The van der Waals surface area contributed by atoms with Crippen LogP contribution in [0, 0.1) is 11.6 Å². The number of unbranched alkanes of at least 4 members (excludes halogenated alkanes) is 1. The predicted molar refractivity (Wildman–Crippen MR) is 179 cm³/mol. The smallest absolute Gasteiger partial charge is 0.255 e. The zero-order valence-corrected chi connectivity index (χ0v) is 27.2. The van der Waals surface area contributed by atoms with E-state index in [9.17, 15) is 14.0 Å². The molecule has 2 heterocycles. The van der Waals surface area contributed by atoms with Crippen molar-refractivity contribution in [3.8, 4) is 22.5 Å². The summed E-state index contributed by atoms with van der Waals surface area (Å²) in [7, 11) is 1.53. The Morgan fingerprint density at radius 3 is 2.38 bits per heavy atom. The first kappa shape index (κ1) is 33.0. The Morgan fingerprint density at radius 2 is 1.69 bits per heavy atom. The van der Waals surface area contributed by atoms with Crippen LogP contribution < -0.4 is 10.6 Å². The van der Waals surface area contributed by atoms with E-state index >= 15 is 4.39 Å². The number of fused-ring (bicyclic) bond motifs is 1. The second kappa shape index (κ2) is 14.0. The van der Waals surface area contributed by atoms with E-state index in [2.05, 4.69) is 27.5 Å². The minimum atomic E-state index is -0.889. The Kier molecular flexibility index (Phi) is 9.63. The number of furan rings is 1. The Morgan fingerprint density at radius 1 is 0.958 bits per heavy atom. The lowest BCUT2D eigenvalue weighted by Crippen LogP contribution is -2.58. The number of rotatable bonds is 12. The van der Waals surface area contributed by atoms with Gasteiger partial charge in [-0.15, -0.1) is 0 Å². The van der Waals surface area contributed by atoms with Gasteiger partial charge >= 0.3 is 0 Å². The first-order chi connectivity index (χ1) is 23.3. The molecule has 248 valence electrons. The number of aromatic nitrogens is 2. The Balaban J connectivity index is 1.39. The number of carbonyl (C=O) groups excluding carboxylic acids is 2. The monoisotopic (exact) mass is 652 g/mol. The molecule has 2 N–H and O–H groups in total. The summed E-state index contributed by atoms with van der Waals surface area (Å²) >= 11 is 0. The van der Waals surface area contributed by atoms with Crippen molar-refractivity contribution in [1.82, 2.24) is 20.6 Å². The SMILES string of the molecule is CCCCOC1CC(NC(=O)c2cc(-c3cc4c(C(=O)NC)c(-c5ccc(F)cc5)oc4cc3CCC)ccc2F)(c2ncccn2)C1. The van der Waals surface area contributed by atoms with E-state index in [4.69, 9.17) is 9.15 Å². The molecule has 0 bridgehead atoms. The average molecular weight is 653 g/mol. The average Bonchev–Trinajstić information content (AvgIpc) is 3.45. The van der Waals surface area contributed by atoms with Crippen LogP contribution >= 0.6 is 0 Å². The summed E-state index contributed by atoms with van der Waals surface area (Å²) in [5.41, 5.74) is 2.59. The molecule has 0 saturated heterocycles. The molecule has 10 heteroatoms. The van der Waals surface area contributed by atoms with Gasteiger partial charge in [0.1, 0.15) is 28.5 Å². The van der Waals surface area contributed by atoms with Crippen molar-refractivity contribution in [1.29, 1.82) is 0 Å². The highest BCUT2D eigenvalue weighted by Crippen LogP contribution is 2.43. The number of ether oxygens (including phenoxy) is 1. The number of hydrogen-bond donors (Lipinski definition) is 2. The van der Waals surface area contributed by atoms with E-state index in [-0.39, 0.29) is 17.6 Å². The minimum Gasteiger partial charge on any atom is -0.455 e. The number of amides is 2. The first-order valence-corrected chi connectivity index (χ1v) is 16.4. The fourth-order valence-electron chi connectivity index (χ4n) is 6.35. The van der Waals surface area contributed by atoms with Crippen molar-refractivity contribution < 1.29 is 27.5 Å². The van der Waals surface area contributed by atoms with Gasteiger partial charge in [-0.3, -0.25) is 9.59 Å². The highest BCUT2D eigenvalue weighted by Gasteiger charge is 2.50. The van der Waals surface area contributed by atoms with Crippen molar-refractivity contribution >= 4 is 22.8 Å². The van der Waals surface area contributed by atoms with E-state index in [0.717, 1.165) is 30.4 Å². The largest absolute Gasteiger partial charge is 0.455 e. The van der Waals surface area contributed by atoms with Gasteiger partial charge in [0.05, 0.1) is 17.2 Å². The van der Waals surface area contributed by atoms with Crippen LogP contribution in [0.15, 0.2) is 77.5 Å². The normalized spacial score (nSPS) is 17.2. The molecule has 48 heavy (non-hydrogen) atoms. The number of hydrogen-bond acceptors (Lipinski definition) is 6. The van der Waals surface area contributed by atoms with Crippen LogP contribution in [0.5, 0.6) is 0 Å². The van der Waals surface area contributed by atoms with Gasteiger partial charge in [-0.05, 0) is 84.1 Å². The Bertz CT molecular complexity index is 1940. The molecule has 2 aromatic heterocycles. The molecule has 2 amide bonds. The molecular formula is C38H38F2N4O4. The molecule has 8 nitrogen and oxygen atoms in total. The fourth-order valence-corrected chi connectivity index (χ4v) is 6.35. The third-order valence-corrected chi connectivity index (χ3v) is 8.87. The molecule has 1 aliphatic carbocycles. The summed E-state index contributed by atoms with van der Waals surface area (Å²) in [5.74, 6) is -1.25. The quantitative estimate of drug-likeness (QED) is 0.134. The summed E-state index contributed by atoms with van der Waals surface area (Å²) in [6.07, 6.45) is 7.57. The maximum Gasteiger partial charge on any atom is 0.255 e. The molecule has 3 aromatic carbocycles. The van der Waals surface area contributed by atoms with E-state index in [1.54, 1.807) is 42.7 Å². The van der Waals surface area contributed by atoms with Crippen molar-refractivity contribution in [2.45, 2.75) is 64.0 Å². The molecule has 0 radical (unpaired) electrons. The lowest BCUT2D eigenvalue weighted by Gasteiger charge is -2.46. The molecular weight excluding hydrogens is 614 g/mol. The summed E-state index contributed by atoms with van der Waals surface area (Å²) in [4.78, 5) is 35.9. The second-order valence-corrected chi connectivity index (χ2v) is 12.2. The van der Waals surface area contributed by atoms with Crippen molar-refractivity contribution in [2.75, 3.05) is 13.7 Å². The molecule has 6 rings (SSSR count). The van der Waals surface area contributed by atoms with Gasteiger partial charge in [0.2, 0.25) is 0 Å². The third kappa shape index (κ3) is 6.44. The van der Waals surface area contributed by atoms with E-state index < -0.39 is 23.1 Å². The minimum absolute atomic E-state index is 0.0653. The topological polar surface area (TPSA) is 106 Å². The highest BCUT2D eigenvalue weighted by molar-refractivity contribution is 6.12. The standard InChI is InChI=1S/C38H38F2N4O4/c1-4-6-17-47-27-21-38(22-27,37-42-15-7-16-43-37)44-35(45)29-18-25(11-14-31(29)40)28-20-30-32(19-24(28)8-5-2)48-34(33(30)36(46)41-3)23-9-12-26(39)13-10-23/h7,9-16,18-20,27H,4-6,8,17,21-22H2,1-3H3,(H,41,46)(H,44,45). The van der Waals surface area contributed by atoms with Crippen LogP contribution in [-0.2, 0) is 16.7 Å². The first-order valence-electron chi connectivity index (χ1n) is 16.4. The van der Waals surface area contributed by atoms with Crippen molar-refractivity contribution in [3.63, 3.8) is 0 Å². The molecule has 0 spiro atoms.